The molecule has 4 rings (SSSR count). The molecule has 1 saturated heterocycles. The van der Waals surface area contributed by atoms with E-state index in [2.05, 4.69) is 29.6 Å². The van der Waals surface area contributed by atoms with Crippen LogP contribution in [-0.2, 0) is 14.3 Å². The maximum atomic E-state index is 13.1. The number of benzene rings is 2. The van der Waals surface area contributed by atoms with Gasteiger partial charge in [0.05, 0.1) is 5.92 Å². The first-order valence-corrected chi connectivity index (χ1v) is 12.4. The van der Waals surface area contributed by atoms with Crippen LogP contribution in [0, 0.1) is 11.8 Å². The number of hydrogen-bond acceptors (Lipinski definition) is 4. The minimum Gasteiger partial charge on any atom is -0.481 e. The Labute approximate surface area is 206 Å². The van der Waals surface area contributed by atoms with Gasteiger partial charge in [-0.1, -0.05) is 62.4 Å². The van der Waals surface area contributed by atoms with Gasteiger partial charge in [0.15, 0.2) is 0 Å². The molecule has 186 valence electrons. The molecule has 0 aromatic heterocycles. The zero-order valence-electron chi connectivity index (χ0n) is 20.6. The summed E-state index contributed by atoms with van der Waals surface area (Å²) in [6.45, 7) is 6.43. The summed E-state index contributed by atoms with van der Waals surface area (Å²) in [7, 11) is 0. The Balaban J connectivity index is 1.38. The standard InChI is InChI=1S/C28H34N2O5/c1-17(2)25(15-26(31)30-14-8-13-19(18(30)3)27(32)33)29-28(34)35-16-24-22-11-6-4-9-20(22)21-10-5-7-12-23(21)24/h4-7,9-12,17-19,24-25H,8,13-16H2,1-3H3,(H,29,34)(H,32,33)/t18-,19-,25-/m1/s1. The number of aliphatic carboxylic acids is 1. The van der Waals surface area contributed by atoms with E-state index in [-0.39, 0.29) is 36.8 Å². The summed E-state index contributed by atoms with van der Waals surface area (Å²) in [5, 5.41) is 12.3. The zero-order chi connectivity index (χ0) is 25.1. The van der Waals surface area contributed by atoms with Crippen LogP contribution in [0.25, 0.3) is 11.1 Å². The molecule has 1 aliphatic heterocycles. The highest BCUT2D eigenvalue weighted by atomic mass is 16.5. The molecule has 2 aliphatic rings. The third-order valence-corrected chi connectivity index (χ3v) is 7.47. The van der Waals surface area contributed by atoms with Crippen LogP contribution < -0.4 is 5.32 Å². The number of fused-ring (bicyclic) bond motifs is 3. The van der Waals surface area contributed by atoms with Gasteiger partial charge >= 0.3 is 12.1 Å². The minimum atomic E-state index is -0.868. The van der Waals surface area contributed by atoms with Crippen molar-refractivity contribution in [3.63, 3.8) is 0 Å². The predicted molar refractivity (Wildman–Crippen MR) is 133 cm³/mol. The fraction of sp³-hybridized carbons (Fsp3) is 0.464. The summed E-state index contributed by atoms with van der Waals surface area (Å²) in [5.74, 6) is -1.59. The Morgan fingerprint density at radius 1 is 1.06 bits per heavy atom. The van der Waals surface area contributed by atoms with Crippen molar-refractivity contribution in [1.82, 2.24) is 10.2 Å². The maximum absolute atomic E-state index is 13.1. The number of nitrogens with one attached hydrogen (secondary N) is 1. The van der Waals surface area contributed by atoms with Gasteiger partial charge in [0.25, 0.3) is 0 Å². The van der Waals surface area contributed by atoms with Crippen LogP contribution in [0.5, 0.6) is 0 Å². The van der Waals surface area contributed by atoms with Crippen molar-refractivity contribution in [1.29, 1.82) is 0 Å². The molecule has 1 heterocycles. The predicted octanol–water partition coefficient (Wildman–Crippen LogP) is 4.65. The summed E-state index contributed by atoms with van der Waals surface area (Å²) in [6, 6.07) is 15.6. The molecule has 0 bridgehead atoms. The van der Waals surface area contributed by atoms with Crippen molar-refractivity contribution in [2.75, 3.05) is 13.2 Å². The van der Waals surface area contributed by atoms with E-state index < -0.39 is 24.0 Å². The largest absolute Gasteiger partial charge is 0.481 e. The van der Waals surface area contributed by atoms with E-state index in [9.17, 15) is 19.5 Å². The van der Waals surface area contributed by atoms with E-state index >= 15 is 0 Å². The van der Waals surface area contributed by atoms with Gasteiger partial charge in [-0.2, -0.15) is 0 Å². The monoisotopic (exact) mass is 478 g/mol. The Kier molecular flexibility index (Phi) is 7.43. The van der Waals surface area contributed by atoms with Gasteiger partial charge in [-0.15, -0.1) is 0 Å². The fourth-order valence-corrected chi connectivity index (χ4v) is 5.38. The van der Waals surface area contributed by atoms with E-state index in [4.69, 9.17) is 4.74 Å². The van der Waals surface area contributed by atoms with Gasteiger partial charge in [0, 0.05) is 31.0 Å². The average molecular weight is 479 g/mol. The van der Waals surface area contributed by atoms with E-state index in [1.54, 1.807) is 11.8 Å². The molecule has 2 aromatic rings. The molecule has 3 atom stereocenters. The molecular formula is C28H34N2O5. The quantitative estimate of drug-likeness (QED) is 0.604. The second-order valence-electron chi connectivity index (χ2n) is 9.94. The second kappa shape index (κ2) is 10.5. The lowest BCUT2D eigenvalue weighted by molar-refractivity contribution is -0.149. The molecular weight excluding hydrogens is 444 g/mol. The highest BCUT2D eigenvalue weighted by Crippen LogP contribution is 2.44. The normalized spacial score (nSPS) is 20.2. The number of amides is 2. The van der Waals surface area contributed by atoms with E-state index in [0.29, 0.717) is 19.4 Å². The maximum Gasteiger partial charge on any atom is 0.407 e. The first-order valence-electron chi connectivity index (χ1n) is 12.4. The Morgan fingerprint density at radius 2 is 1.66 bits per heavy atom. The van der Waals surface area contributed by atoms with Gasteiger partial charge in [-0.05, 0) is 47.9 Å². The van der Waals surface area contributed by atoms with Crippen LogP contribution in [-0.4, -0.2) is 53.2 Å². The molecule has 0 spiro atoms. The lowest BCUT2D eigenvalue weighted by Crippen LogP contribution is -2.51. The van der Waals surface area contributed by atoms with Crippen LogP contribution in [0.3, 0.4) is 0 Å². The van der Waals surface area contributed by atoms with Crippen LogP contribution >= 0.6 is 0 Å². The van der Waals surface area contributed by atoms with Crippen LogP contribution in [0.4, 0.5) is 4.79 Å². The SMILES string of the molecule is CC(C)[C@@H](CC(=O)N1CCC[C@@H](C(=O)O)[C@H]1C)NC(=O)OCC1c2ccccc2-c2ccccc21. The Hall–Kier alpha value is -3.35. The number of piperidine rings is 1. The number of carboxylic acid groups (broad SMARTS) is 1. The summed E-state index contributed by atoms with van der Waals surface area (Å²) >= 11 is 0. The smallest absolute Gasteiger partial charge is 0.407 e. The highest BCUT2D eigenvalue weighted by molar-refractivity contribution is 5.81. The van der Waals surface area contributed by atoms with E-state index in [1.165, 1.54) is 0 Å². The third kappa shape index (κ3) is 5.19. The Morgan fingerprint density at radius 3 is 2.23 bits per heavy atom. The molecule has 2 N–H and O–H groups in total. The molecule has 2 amide bonds. The minimum absolute atomic E-state index is 0.00907. The van der Waals surface area contributed by atoms with Crippen LogP contribution in [0.1, 0.15) is 57.1 Å². The van der Waals surface area contributed by atoms with Crippen molar-refractivity contribution in [2.24, 2.45) is 11.8 Å². The Bertz CT molecular complexity index is 1050. The van der Waals surface area contributed by atoms with Crippen LogP contribution in [0.15, 0.2) is 48.5 Å². The van der Waals surface area contributed by atoms with Gasteiger partial charge < -0.3 is 20.1 Å². The number of carbonyl (C=O) groups excluding carboxylic acids is 2. The van der Waals surface area contributed by atoms with Gasteiger partial charge in [-0.25, -0.2) is 4.79 Å². The molecule has 0 radical (unpaired) electrons. The number of ether oxygens (including phenoxy) is 1. The van der Waals surface area contributed by atoms with Gasteiger partial charge in [-0.3, -0.25) is 9.59 Å². The summed E-state index contributed by atoms with van der Waals surface area (Å²) in [4.78, 5) is 39.0. The number of carboxylic acids is 1. The summed E-state index contributed by atoms with van der Waals surface area (Å²) < 4.78 is 5.66. The average Bonchev–Trinajstić information content (AvgIpc) is 3.16. The van der Waals surface area contributed by atoms with Crippen molar-refractivity contribution >= 4 is 18.0 Å². The fourth-order valence-electron chi connectivity index (χ4n) is 5.38. The molecule has 0 saturated carbocycles. The summed E-state index contributed by atoms with van der Waals surface area (Å²) in [5.41, 5.74) is 4.62. The van der Waals surface area contributed by atoms with Gasteiger partial charge in [0.1, 0.15) is 6.61 Å². The molecule has 7 nitrogen and oxygen atoms in total. The number of hydrogen-bond donors (Lipinski definition) is 2. The number of rotatable bonds is 7. The number of alkyl carbamates (subject to hydrolysis) is 1. The lowest BCUT2D eigenvalue weighted by Gasteiger charge is -2.38. The van der Waals surface area contributed by atoms with E-state index in [1.807, 2.05) is 38.1 Å². The first-order chi connectivity index (χ1) is 16.8. The first kappa shape index (κ1) is 24.8. The van der Waals surface area contributed by atoms with Crippen molar-refractivity contribution in [2.45, 2.75) is 58.0 Å². The molecule has 1 fully saturated rings. The third-order valence-electron chi connectivity index (χ3n) is 7.47. The van der Waals surface area contributed by atoms with Crippen LogP contribution in [0.2, 0.25) is 0 Å². The number of likely N-dealkylation sites (tertiary alicyclic amines) is 1. The molecule has 0 unspecified atom stereocenters. The van der Waals surface area contributed by atoms with Crippen molar-refractivity contribution in [3.8, 4) is 11.1 Å². The van der Waals surface area contributed by atoms with Crippen molar-refractivity contribution < 1.29 is 24.2 Å². The second-order valence-corrected chi connectivity index (χ2v) is 9.94. The van der Waals surface area contributed by atoms with Gasteiger partial charge in [0.2, 0.25) is 5.91 Å². The number of nitrogens with zero attached hydrogens (tertiary/aromatic N) is 1. The van der Waals surface area contributed by atoms with Crippen molar-refractivity contribution in [3.05, 3.63) is 59.7 Å². The topological polar surface area (TPSA) is 95.9 Å². The molecule has 7 heteroatoms. The lowest BCUT2D eigenvalue weighted by atomic mass is 9.89. The molecule has 35 heavy (non-hydrogen) atoms. The highest BCUT2D eigenvalue weighted by Gasteiger charge is 2.36. The number of carbonyl (C=O) groups is 3. The summed E-state index contributed by atoms with van der Waals surface area (Å²) in [6.07, 6.45) is 0.803. The zero-order valence-corrected chi connectivity index (χ0v) is 20.6. The van der Waals surface area contributed by atoms with E-state index in [0.717, 1.165) is 22.3 Å². The molecule has 1 aliphatic carbocycles. The molecule has 2 aromatic carbocycles.